The van der Waals surface area contributed by atoms with Crippen LogP contribution < -0.4 is 0 Å². The van der Waals surface area contributed by atoms with Gasteiger partial charge < -0.3 is 0 Å². The van der Waals surface area contributed by atoms with E-state index >= 15 is 0 Å². The molecule has 0 atom stereocenters. The molecule has 6 aromatic carbocycles. The Labute approximate surface area is 253 Å². The first-order valence-corrected chi connectivity index (χ1v) is 15.1. The van der Waals surface area contributed by atoms with Crippen LogP contribution in [-0.4, -0.2) is 15.0 Å². The predicted octanol–water partition coefficient (Wildman–Crippen LogP) is 10.6. The fraction of sp³-hybridized carbons (Fsp3) is 0. The van der Waals surface area contributed by atoms with Crippen LogP contribution in [0.15, 0.2) is 152 Å². The lowest BCUT2D eigenvalue weighted by atomic mass is 9.96. The molecule has 0 aliphatic heterocycles. The molecule has 0 aliphatic carbocycles. The molecule has 0 spiro atoms. The summed E-state index contributed by atoms with van der Waals surface area (Å²) in [5, 5.41) is 3.47. The predicted molar refractivity (Wildman–Crippen MR) is 180 cm³/mol. The summed E-state index contributed by atoms with van der Waals surface area (Å²) in [5.74, 6) is 0.715. The summed E-state index contributed by atoms with van der Waals surface area (Å²) in [7, 11) is 0. The zero-order chi connectivity index (χ0) is 28.6. The summed E-state index contributed by atoms with van der Waals surface area (Å²) >= 11 is 1.76. The molecule has 0 unspecified atom stereocenters. The summed E-state index contributed by atoms with van der Waals surface area (Å²) in [6, 6.07) is 52.6. The highest BCUT2D eigenvalue weighted by Gasteiger charge is 2.15. The number of rotatable bonds is 5. The topological polar surface area (TPSA) is 38.7 Å². The standard InChI is InChI=1S/C39H25N3S/c1-4-12-26(13-5-1)34-25-35(41-38(40-34)28-14-6-2-7-15-28)31-20-10-19-30(24-31)32-21-11-18-27-22-23-33-37(36(27)32)43-39(42-33)29-16-8-3-9-17-29/h1-25H. The maximum Gasteiger partial charge on any atom is 0.160 e. The first-order valence-electron chi connectivity index (χ1n) is 14.3. The Morgan fingerprint density at radius 1 is 0.419 bits per heavy atom. The van der Waals surface area contributed by atoms with E-state index in [1.54, 1.807) is 11.3 Å². The molecule has 3 nitrogen and oxygen atoms in total. The van der Waals surface area contributed by atoms with E-state index in [0.717, 1.165) is 49.7 Å². The molecular formula is C39H25N3S. The van der Waals surface area contributed by atoms with Crippen molar-refractivity contribution in [1.82, 2.24) is 15.0 Å². The van der Waals surface area contributed by atoms with Gasteiger partial charge in [0.2, 0.25) is 0 Å². The van der Waals surface area contributed by atoms with E-state index in [1.165, 1.54) is 21.0 Å². The molecule has 0 amide bonds. The van der Waals surface area contributed by atoms with Crippen LogP contribution in [0, 0.1) is 0 Å². The molecule has 0 bridgehead atoms. The minimum atomic E-state index is 0.715. The number of nitrogens with zero attached hydrogens (tertiary/aromatic N) is 3. The summed E-state index contributed by atoms with van der Waals surface area (Å²) < 4.78 is 1.21. The van der Waals surface area contributed by atoms with Crippen molar-refractivity contribution in [2.75, 3.05) is 0 Å². The van der Waals surface area contributed by atoms with Gasteiger partial charge in [-0.1, -0.05) is 133 Å². The van der Waals surface area contributed by atoms with Gasteiger partial charge in [-0.05, 0) is 34.7 Å². The molecule has 2 heterocycles. The van der Waals surface area contributed by atoms with E-state index in [2.05, 4.69) is 109 Å². The van der Waals surface area contributed by atoms with E-state index in [1.807, 2.05) is 42.5 Å². The first kappa shape index (κ1) is 25.3. The van der Waals surface area contributed by atoms with E-state index in [0.29, 0.717) is 5.82 Å². The van der Waals surface area contributed by atoms with E-state index in [9.17, 15) is 0 Å². The molecule has 4 heteroatoms. The Morgan fingerprint density at radius 3 is 1.77 bits per heavy atom. The van der Waals surface area contributed by atoms with E-state index < -0.39 is 0 Å². The number of hydrogen-bond acceptors (Lipinski definition) is 4. The molecule has 0 saturated carbocycles. The van der Waals surface area contributed by atoms with Crippen LogP contribution in [0.5, 0.6) is 0 Å². The van der Waals surface area contributed by atoms with Gasteiger partial charge in [0.15, 0.2) is 5.82 Å². The quantitative estimate of drug-likeness (QED) is 0.208. The Morgan fingerprint density at radius 2 is 1.02 bits per heavy atom. The summed E-state index contributed by atoms with van der Waals surface area (Å²) in [5.41, 5.74) is 9.40. The van der Waals surface area contributed by atoms with Gasteiger partial charge in [-0.25, -0.2) is 15.0 Å². The van der Waals surface area contributed by atoms with Crippen molar-refractivity contribution >= 4 is 32.3 Å². The van der Waals surface area contributed by atoms with Crippen LogP contribution in [0.2, 0.25) is 0 Å². The maximum absolute atomic E-state index is 5.06. The lowest BCUT2D eigenvalue weighted by Crippen LogP contribution is -1.96. The van der Waals surface area contributed by atoms with Crippen molar-refractivity contribution in [2.24, 2.45) is 0 Å². The minimum absolute atomic E-state index is 0.715. The second-order valence-electron chi connectivity index (χ2n) is 10.5. The van der Waals surface area contributed by atoms with Gasteiger partial charge in [0.1, 0.15) is 5.01 Å². The van der Waals surface area contributed by atoms with Crippen molar-refractivity contribution in [1.29, 1.82) is 0 Å². The van der Waals surface area contributed by atoms with Gasteiger partial charge in [0.05, 0.1) is 21.6 Å². The van der Waals surface area contributed by atoms with Gasteiger partial charge in [-0.2, -0.15) is 0 Å². The maximum atomic E-state index is 5.06. The fourth-order valence-corrected chi connectivity index (χ4v) is 6.75. The average molecular weight is 568 g/mol. The Balaban J connectivity index is 1.29. The van der Waals surface area contributed by atoms with Gasteiger partial charge in [0.25, 0.3) is 0 Å². The lowest BCUT2D eigenvalue weighted by Gasteiger charge is -2.12. The highest BCUT2D eigenvalue weighted by molar-refractivity contribution is 7.22. The molecule has 8 rings (SSSR count). The van der Waals surface area contributed by atoms with Gasteiger partial charge in [0, 0.05) is 27.6 Å². The largest absolute Gasteiger partial charge is 0.236 e. The Kier molecular flexibility index (Phi) is 6.32. The number of benzene rings is 6. The third-order valence-electron chi connectivity index (χ3n) is 7.72. The van der Waals surface area contributed by atoms with E-state index in [-0.39, 0.29) is 0 Å². The third kappa shape index (κ3) is 4.78. The van der Waals surface area contributed by atoms with Crippen LogP contribution in [0.1, 0.15) is 0 Å². The fourth-order valence-electron chi connectivity index (χ4n) is 5.61. The van der Waals surface area contributed by atoms with Crippen molar-refractivity contribution in [3.8, 4) is 55.6 Å². The number of fused-ring (bicyclic) bond motifs is 3. The Bertz CT molecular complexity index is 2170. The molecular weight excluding hydrogens is 543 g/mol. The molecule has 202 valence electrons. The van der Waals surface area contributed by atoms with Gasteiger partial charge in [-0.15, -0.1) is 11.3 Å². The first-order chi connectivity index (χ1) is 21.3. The van der Waals surface area contributed by atoms with Crippen molar-refractivity contribution in [3.05, 3.63) is 152 Å². The van der Waals surface area contributed by atoms with Gasteiger partial charge >= 0.3 is 0 Å². The average Bonchev–Trinajstić information content (AvgIpc) is 3.54. The van der Waals surface area contributed by atoms with Gasteiger partial charge in [-0.3, -0.25) is 0 Å². The normalized spacial score (nSPS) is 11.3. The summed E-state index contributed by atoms with van der Waals surface area (Å²) in [6.45, 7) is 0. The third-order valence-corrected chi connectivity index (χ3v) is 8.85. The molecule has 0 saturated heterocycles. The summed E-state index contributed by atoms with van der Waals surface area (Å²) in [4.78, 5) is 15.0. The molecule has 0 aliphatic rings. The molecule has 0 N–H and O–H groups in total. The van der Waals surface area contributed by atoms with Crippen LogP contribution >= 0.6 is 11.3 Å². The molecule has 0 fully saturated rings. The number of aromatic nitrogens is 3. The lowest BCUT2D eigenvalue weighted by molar-refractivity contribution is 1.18. The minimum Gasteiger partial charge on any atom is -0.236 e. The number of thiazole rings is 1. The zero-order valence-electron chi connectivity index (χ0n) is 23.2. The molecule has 0 radical (unpaired) electrons. The molecule has 8 aromatic rings. The molecule has 43 heavy (non-hydrogen) atoms. The molecule has 2 aromatic heterocycles. The Hall–Kier alpha value is -5.45. The monoisotopic (exact) mass is 567 g/mol. The van der Waals surface area contributed by atoms with Crippen molar-refractivity contribution in [3.63, 3.8) is 0 Å². The van der Waals surface area contributed by atoms with Crippen LogP contribution in [0.4, 0.5) is 0 Å². The van der Waals surface area contributed by atoms with Crippen molar-refractivity contribution in [2.45, 2.75) is 0 Å². The second kappa shape index (κ2) is 10.8. The van der Waals surface area contributed by atoms with Crippen LogP contribution in [0.3, 0.4) is 0 Å². The smallest absolute Gasteiger partial charge is 0.160 e. The number of hydrogen-bond donors (Lipinski definition) is 0. The van der Waals surface area contributed by atoms with Crippen LogP contribution in [0.25, 0.3) is 76.6 Å². The van der Waals surface area contributed by atoms with Crippen molar-refractivity contribution < 1.29 is 0 Å². The zero-order valence-corrected chi connectivity index (χ0v) is 24.0. The second-order valence-corrected chi connectivity index (χ2v) is 11.5. The van der Waals surface area contributed by atoms with E-state index in [4.69, 9.17) is 15.0 Å². The SMILES string of the molecule is c1ccc(-c2cc(-c3cccc(-c4cccc5ccc6nc(-c7ccccc7)sc6c45)c3)nc(-c3ccccc3)n2)cc1. The summed E-state index contributed by atoms with van der Waals surface area (Å²) in [6.07, 6.45) is 0. The highest BCUT2D eigenvalue weighted by Crippen LogP contribution is 2.40. The van der Waals surface area contributed by atoms with Crippen LogP contribution in [-0.2, 0) is 0 Å². The highest BCUT2D eigenvalue weighted by atomic mass is 32.1.